The topological polar surface area (TPSA) is 53.6 Å². The molecule has 3 rings (SSSR count). The first-order valence-electron chi connectivity index (χ1n) is 6.04. The third-order valence-corrected chi connectivity index (χ3v) is 3.03. The lowest BCUT2D eigenvalue weighted by molar-refractivity contribution is 0.889. The summed E-state index contributed by atoms with van der Waals surface area (Å²) in [5.74, 6) is 2.50. The molecule has 2 aromatic rings. The molecule has 0 unspecified atom stereocenters. The number of H-pyrrole nitrogens is 1. The lowest BCUT2D eigenvalue weighted by Gasteiger charge is -2.05. The molecular weight excluding hydrogens is 212 g/mol. The Balaban J connectivity index is 1.70. The molecule has 0 aliphatic heterocycles. The summed E-state index contributed by atoms with van der Waals surface area (Å²) in [5, 5.41) is 10.4. The molecular formula is C13H16N4. The van der Waals surface area contributed by atoms with Crippen LogP contribution in [-0.2, 0) is 0 Å². The summed E-state index contributed by atoms with van der Waals surface area (Å²) < 4.78 is 0. The molecule has 1 aliphatic carbocycles. The van der Waals surface area contributed by atoms with E-state index in [0.29, 0.717) is 0 Å². The van der Waals surface area contributed by atoms with Crippen LogP contribution in [-0.4, -0.2) is 21.7 Å². The fourth-order valence-corrected chi connectivity index (χ4v) is 1.79. The van der Waals surface area contributed by atoms with Crippen molar-refractivity contribution in [1.82, 2.24) is 15.2 Å². The van der Waals surface area contributed by atoms with E-state index in [1.165, 1.54) is 18.5 Å². The largest absolute Gasteiger partial charge is 0.385 e. The number of hydrogen-bond acceptors (Lipinski definition) is 3. The van der Waals surface area contributed by atoms with Crippen molar-refractivity contribution in [1.29, 1.82) is 0 Å². The third kappa shape index (κ3) is 2.46. The van der Waals surface area contributed by atoms with E-state index in [4.69, 9.17) is 0 Å². The minimum atomic E-state index is 0.760. The van der Waals surface area contributed by atoms with Crippen LogP contribution in [0.4, 0.5) is 5.69 Å². The number of benzene rings is 1. The van der Waals surface area contributed by atoms with Gasteiger partial charge in [0.15, 0.2) is 5.82 Å². The van der Waals surface area contributed by atoms with Crippen molar-refractivity contribution in [2.24, 2.45) is 5.92 Å². The second kappa shape index (κ2) is 4.20. The molecule has 1 aliphatic rings. The van der Waals surface area contributed by atoms with Crippen molar-refractivity contribution < 1.29 is 0 Å². The maximum absolute atomic E-state index is 4.31. The van der Waals surface area contributed by atoms with Gasteiger partial charge in [0.05, 0.1) is 0 Å². The molecule has 88 valence electrons. The molecule has 0 atom stereocenters. The predicted molar refractivity (Wildman–Crippen MR) is 67.8 cm³/mol. The molecule has 2 N–H and O–H groups in total. The average Bonchev–Trinajstić information content (AvgIpc) is 3.09. The Morgan fingerprint density at radius 1 is 1.29 bits per heavy atom. The van der Waals surface area contributed by atoms with Crippen molar-refractivity contribution in [2.75, 3.05) is 11.9 Å². The normalized spacial score (nSPS) is 14.9. The van der Waals surface area contributed by atoms with Crippen LogP contribution in [0.25, 0.3) is 11.4 Å². The number of nitrogens with one attached hydrogen (secondary N) is 2. The van der Waals surface area contributed by atoms with Crippen LogP contribution in [0.2, 0.25) is 0 Å². The molecule has 0 saturated heterocycles. The summed E-state index contributed by atoms with van der Waals surface area (Å²) in [4.78, 5) is 4.31. The Morgan fingerprint density at radius 3 is 2.65 bits per heavy atom. The highest BCUT2D eigenvalue weighted by Gasteiger charge is 2.20. The van der Waals surface area contributed by atoms with Gasteiger partial charge in [-0.3, -0.25) is 5.10 Å². The van der Waals surface area contributed by atoms with Gasteiger partial charge in [0.1, 0.15) is 5.82 Å². The second-order valence-electron chi connectivity index (χ2n) is 4.65. The Morgan fingerprint density at radius 2 is 2.06 bits per heavy atom. The lowest BCUT2D eigenvalue weighted by Crippen LogP contribution is -2.02. The monoisotopic (exact) mass is 228 g/mol. The lowest BCUT2D eigenvalue weighted by atomic mass is 10.2. The first-order chi connectivity index (χ1) is 8.31. The summed E-state index contributed by atoms with van der Waals surface area (Å²) >= 11 is 0. The third-order valence-electron chi connectivity index (χ3n) is 3.03. The minimum absolute atomic E-state index is 0.760. The zero-order valence-corrected chi connectivity index (χ0v) is 9.90. The average molecular weight is 228 g/mol. The van der Waals surface area contributed by atoms with Crippen LogP contribution >= 0.6 is 0 Å². The fraction of sp³-hybridized carbons (Fsp3) is 0.385. The number of rotatable bonds is 4. The van der Waals surface area contributed by atoms with E-state index in [1.54, 1.807) is 0 Å². The van der Waals surface area contributed by atoms with Crippen molar-refractivity contribution in [3.8, 4) is 11.4 Å². The highest BCUT2D eigenvalue weighted by Crippen LogP contribution is 2.29. The van der Waals surface area contributed by atoms with Crippen molar-refractivity contribution in [3.63, 3.8) is 0 Å². The molecule has 0 amide bonds. The Hall–Kier alpha value is -1.84. The van der Waals surface area contributed by atoms with E-state index < -0.39 is 0 Å². The fourth-order valence-electron chi connectivity index (χ4n) is 1.79. The maximum atomic E-state index is 4.31. The summed E-state index contributed by atoms with van der Waals surface area (Å²) in [6.07, 6.45) is 2.75. The second-order valence-corrected chi connectivity index (χ2v) is 4.65. The SMILES string of the molecule is Cc1nc(-c2ccc(NCC3CC3)cc2)n[nH]1. The van der Waals surface area contributed by atoms with E-state index in [1.807, 2.05) is 6.92 Å². The zero-order valence-electron chi connectivity index (χ0n) is 9.90. The van der Waals surface area contributed by atoms with Gasteiger partial charge < -0.3 is 5.32 Å². The molecule has 0 radical (unpaired) electrons. The van der Waals surface area contributed by atoms with Crippen LogP contribution in [0.3, 0.4) is 0 Å². The van der Waals surface area contributed by atoms with Gasteiger partial charge in [-0.2, -0.15) is 5.10 Å². The Kier molecular flexibility index (Phi) is 2.55. The van der Waals surface area contributed by atoms with Gasteiger partial charge in [0, 0.05) is 17.8 Å². The van der Waals surface area contributed by atoms with E-state index >= 15 is 0 Å². The molecule has 4 nitrogen and oxygen atoms in total. The van der Waals surface area contributed by atoms with Gasteiger partial charge in [-0.05, 0) is 49.9 Å². The van der Waals surface area contributed by atoms with Crippen molar-refractivity contribution in [3.05, 3.63) is 30.1 Å². The van der Waals surface area contributed by atoms with Gasteiger partial charge in [-0.25, -0.2) is 4.98 Å². The molecule has 1 heterocycles. The first-order valence-corrected chi connectivity index (χ1v) is 6.04. The van der Waals surface area contributed by atoms with Crippen LogP contribution in [0.15, 0.2) is 24.3 Å². The van der Waals surface area contributed by atoms with Crippen LogP contribution in [0, 0.1) is 12.8 Å². The van der Waals surface area contributed by atoms with Gasteiger partial charge in [-0.1, -0.05) is 0 Å². The number of aryl methyl sites for hydroxylation is 1. The maximum Gasteiger partial charge on any atom is 0.181 e. The van der Waals surface area contributed by atoms with Crippen LogP contribution in [0.1, 0.15) is 18.7 Å². The van der Waals surface area contributed by atoms with E-state index in [2.05, 4.69) is 44.8 Å². The number of aromatic amines is 1. The number of hydrogen-bond donors (Lipinski definition) is 2. The highest BCUT2D eigenvalue weighted by atomic mass is 15.2. The van der Waals surface area contributed by atoms with Gasteiger partial charge >= 0.3 is 0 Å². The number of aromatic nitrogens is 3. The van der Waals surface area contributed by atoms with E-state index in [9.17, 15) is 0 Å². The van der Waals surface area contributed by atoms with Gasteiger partial charge in [0.2, 0.25) is 0 Å². The van der Waals surface area contributed by atoms with Crippen molar-refractivity contribution >= 4 is 5.69 Å². The molecule has 4 heteroatoms. The number of nitrogens with zero attached hydrogens (tertiary/aromatic N) is 2. The Labute approximate surface area is 100 Å². The molecule has 1 aromatic heterocycles. The van der Waals surface area contributed by atoms with E-state index in [0.717, 1.165) is 29.7 Å². The highest BCUT2D eigenvalue weighted by molar-refractivity contribution is 5.59. The van der Waals surface area contributed by atoms with E-state index in [-0.39, 0.29) is 0 Å². The first kappa shape index (κ1) is 10.3. The van der Waals surface area contributed by atoms with Gasteiger partial charge in [-0.15, -0.1) is 0 Å². The minimum Gasteiger partial charge on any atom is -0.385 e. The predicted octanol–water partition coefficient (Wildman–Crippen LogP) is 2.60. The number of anilines is 1. The standard InChI is InChI=1S/C13H16N4/c1-9-15-13(17-16-9)11-4-6-12(7-5-11)14-8-10-2-3-10/h4-7,10,14H,2-3,8H2,1H3,(H,15,16,17). The molecule has 1 fully saturated rings. The van der Waals surface area contributed by atoms with Gasteiger partial charge in [0.25, 0.3) is 0 Å². The Bertz CT molecular complexity index is 496. The molecule has 17 heavy (non-hydrogen) atoms. The summed E-state index contributed by atoms with van der Waals surface area (Å²) in [7, 11) is 0. The summed E-state index contributed by atoms with van der Waals surface area (Å²) in [6.45, 7) is 3.00. The molecule has 0 spiro atoms. The molecule has 1 saturated carbocycles. The van der Waals surface area contributed by atoms with Crippen LogP contribution < -0.4 is 5.32 Å². The van der Waals surface area contributed by atoms with Crippen LogP contribution in [0.5, 0.6) is 0 Å². The molecule has 0 bridgehead atoms. The zero-order chi connectivity index (χ0) is 11.7. The molecule has 1 aromatic carbocycles. The quantitative estimate of drug-likeness (QED) is 0.845. The summed E-state index contributed by atoms with van der Waals surface area (Å²) in [6, 6.07) is 8.28. The summed E-state index contributed by atoms with van der Waals surface area (Å²) in [5.41, 5.74) is 2.22. The van der Waals surface area contributed by atoms with Crippen molar-refractivity contribution in [2.45, 2.75) is 19.8 Å². The smallest absolute Gasteiger partial charge is 0.181 e.